The summed E-state index contributed by atoms with van der Waals surface area (Å²) in [6.07, 6.45) is 1.73. The first-order valence-corrected chi connectivity index (χ1v) is 7.04. The van der Waals surface area contributed by atoms with Gasteiger partial charge in [-0.25, -0.2) is 4.39 Å². The van der Waals surface area contributed by atoms with Crippen LogP contribution in [0, 0.1) is 5.82 Å². The molecule has 1 aliphatic heterocycles. The highest BCUT2D eigenvalue weighted by molar-refractivity contribution is 5.77. The molecule has 1 aromatic heterocycles. The molecule has 21 heavy (non-hydrogen) atoms. The summed E-state index contributed by atoms with van der Waals surface area (Å²) in [6, 6.07) is 10.0. The highest BCUT2D eigenvalue weighted by Crippen LogP contribution is 2.21. The Bertz CT molecular complexity index is 613. The lowest BCUT2D eigenvalue weighted by Gasteiger charge is -2.30. The molecule has 4 nitrogen and oxygen atoms in total. The van der Waals surface area contributed by atoms with Gasteiger partial charge >= 0.3 is 0 Å². The molecular formula is C16H18FN3O. The lowest BCUT2D eigenvalue weighted by molar-refractivity contribution is 0.159. The van der Waals surface area contributed by atoms with Crippen molar-refractivity contribution >= 4 is 6.21 Å². The number of hydrogen-bond acceptors (Lipinski definition) is 4. The third-order valence-corrected chi connectivity index (χ3v) is 3.58. The minimum absolute atomic E-state index is 0.248. The molecule has 0 amide bonds. The minimum atomic E-state index is -0.248. The molecule has 1 fully saturated rings. The van der Waals surface area contributed by atoms with Gasteiger partial charge in [0.25, 0.3) is 0 Å². The summed E-state index contributed by atoms with van der Waals surface area (Å²) < 4.78 is 18.6. The number of rotatable bonds is 3. The SMILES string of the molecule is CN1CCN(/N=C\c2ccc(-c3ccc(F)cc3)o2)CC1. The molecule has 0 saturated carbocycles. The fourth-order valence-corrected chi connectivity index (χ4v) is 2.24. The first-order valence-electron chi connectivity index (χ1n) is 7.04. The third-order valence-electron chi connectivity index (χ3n) is 3.58. The van der Waals surface area contributed by atoms with Crippen LogP contribution in [-0.4, -0.2) is 49.4 Å². The minimum Gasteiger partial charge on any atom is -0.455 e. The maximum absolute atomic E-state index is 12.9. The summed E-state index contributed by atoms with van der Waals surface area (Å²) in [6.45, 7) is 3.91. The molecular weight excluding hydrogens is 269 g/mol. The van der Waals surface area contributed by atoms with Crippen LogP contribution in [0.25, 0.3) is 11.3 Å². The van der Waals surface area contributed by atoms with Crippen molar-refractivity contribution in [1.29, 1.82) is 0 Å². The van der Waals surface area contributed by atoms with Gasteiger partial charge in [0.15, 0.2) is 0 Å². The van der Waals surface area contributed by atoms with Gasteiger partial charge in [-0.3, -0.25) is 5.01 Å². The topological polar surface area (TPSA) is 32.0 Å². The van der Waals surface area contributed by atoms with Gasteiger partial charge in [-0.05, 0) is 43.4 Å². The van der Waals surface area contributed by atoms with E-state index in [2.05, 4.69) is 17.0 Å². The lowest BCUT2D eigenvalue weighted by atomic mass is 10.2. The Balaban J connectivity index is 1.66. The highest BCUT2D eigenvalue weighted by atomic mass is 19.1. The normalized spacial score (nSPS) is 16.8. The van der Waals surface area contributed by atoms with Gasteiger partial charge in [-0.2, -0.15) is 5.10 Å². The van der Waals surface area contributed by atoms with Crippen molar-refractivity contribution in [3.05, 3.63) is 48.0 Å². The zero-order chi connectivity index (χ0) is 14.7. The molecule has 5 heteroatoms. The van der Waals surface area contributed by atoms with Crippen molar-refractivity contribution in [2.24, 2.45) is 5.10 Å². The summed E-state index contributed by atoms with van der Waals surface area (Å²) in [5.41, 5.74) is 0.857. The number of benzene rings is 1. The molecule has 0 bridgehead atoms. The summed E-state index contributed by atoms with van der Waals surface area (Å²) in [7, 11) is 2.11. The smallest absolute Gasteiger partial charge is 0.147 e. The second-order valence-electron chi connectivity index (χ2n) is 5.21. The van der Waals surface area contributed by atoms with E-state index in [0.717, 1.165) is 37.5 Å². The van der Waals surface area contributed by atoms with Gasteiger partial charge in [-0.1, -0.05) is 0 Å². The van der Waals surface area contributed by atoms with Crippen LogP contribution in [0.1, 0.15) is 5.76 Å². The standard InChI is InChI=1S/C16H18FN3O/c1-19-8-10-20(11-9-19)18-12-15-6-7-16(21-15)13-2-4-14(17)5-3-13/h2-7,12H,8-11H2,1H3/b18-12-. The van der Waals surface area contributed by atoms with Gasteiger partial charge < -0.3 is 9.32 Å². The fourth-order valence-electron chi connectivity index (χ4n) is 2.24. The Hall–Kier alpha value is -2.14. The molecule has 2 aromatic rings. The zero-order valence-electron chi connectivity index (χ0n) is 12.0. The number of hydrazone groups is 1. The lowest BCUT2D eigenvalue weighted by Crippen LogP contribution is -2.41. The molecule has 0 N–H and O–H groups in total. The Morgan fingerprint density at radius 3 is 2.48 bits per heavy atom. The van der Waals surface area contributed by atoms with Crippen molar-refractivity contribution in [2.45, 2.75) is 0 Å². The van der Waals surface area contributed by atoms with Crippen molar-refractivity contribution in [3.63, 3.8) is 0 Å². The van der Waals surface area contributed by atoms with Crippen molar-refractivity contribution < 1.29 is 8.81 Å². The van der Waals surface area contributed by atoms with Crippen LogP contribution in [-0.2, 0) is 0 Å². The fraction of sp³-hybridized carbons (Fsp3) is 0.312. The van der Waals surface area contributed by atoms with Gasteiger partial charge in [0, 0.05) is 31.7 Å². The van der Waals surface area contributed by atoms with Crippen molar-refractivity contribution in [3.8, 4) is 11.3 Å². The maximum Gasteiger partial charge on any atom is 0.147 e. The van der Waals surface area contributed by atoms with E-state index in [1.807, 2.05) is 17.1 Å². The predicted octanol–water partition coefficient (Wildman–Crippen LogP) is 2.67. The molecule has 0 spiro atoms. The Labute approximate surface area is 123 Å². The van der Waals surface area contributed by atoms with E-state index in [4.69, 9.17) is 4.42 Å². The largest absolute Gasteiger partial charge is 0.455 e. The van der Waals surface area contributed by atoms with Crippen LogP contribution in [0.5, 0.6) is 0 Å². The predicted molar refractivity (Wildman–Crippen MR) is 80.8 cm³/mol. The molecule has 0 atom stereocenters. The summed E-state index contributed by atoms with van der Waals surface area (Å²) in [5.74, 6) is 1.17. The Kier molecular flexibility index (Phi) is 4.01. The Morgan fingerprint density at radius 2 is 1.76 bits per heavy atom. The van der Waals surface area contributed by atoms with E-state index in [1.165, 1.54) is 12.1 Å². The molecule has 110 valence electrons. The van der Waals surface area contributed by atoms with Crippen molar-refractivity contribution in [2.75, 3.05) is 33.2 Å². The Morgan fingerprint density at radius 1 is 1.05 bits per heavy atom. The molecule has 2 heterocycles. The number of halogens is 1. The zero-order valence-corrected chi connectivity index (χ0v) is 12.0. The van der Waals surface area contributed by atoms with Crippen LogP contribution in [0.4, 0.5) is 4.39 Å². The number of piperazine rings is 1. The third kappa shape index (κ3) is 3.49. The molecule has 1 aliphatic rings. The number of hydrogen-bond donors (Lipinski definition) is 0. The molecule has 3 rings (SSSR count). The molecule has 0 unspecified atom stereocenters. The van der Waals surface area contributed by atoms with Gasteiger partial charge in [-0.15, -0.1) is 0 Å². The van der Waals surface area contributed by atoms with Gasteiger partial charge in [0.05, 0.1) is 6.21 Å². The molecule has 0 aliphatic carbocycles. The summed E-state index contributed by atoms with van der Waals surface area (Å²) in [4.78, 5) is 2.28. The maximum atomic E-state index is 12.9. The first kappa shape index (κ1) is 13.8. The van der Waals surface area contributed by atoms with E-state index >= 15 is 0 Å². The van der Waals surface area contributed by atoms with Crippen molar-refractivity contribution in [1.82, 2.24) is 9.91 Å². The second kappa shape index (κ2) is 6.10. The average molecular weight is 287 g/mol. The average Bonchev–Trinajstić information content (AvgIpc) is 2.96. The van der Waals surface area contributed by atoms with E-state index in [0.29, 0.717) is 5.76 Å². The first-order chi connectivity index (χ1) is 10.2. The molecule has 1 saturated heterocycles. The van der Waals surface area contributed by atoms with E-state index in [1.54, 1.807) is 18.3 Å². The monoisotopic (exact) mass is 287 g/mol. The number of likely N-dealkylation sites (N-methyl/N-ethyl adjacent to an activating group) is 1. The quantitative estimate of drug-likeness (QED) is 0.814. The number of nitrogens with zero attached hydrogens (tertiary/aromatic N) is 3. The summed E-state index contributed by atoms with van der Waals surface area (Å²) >= 11 is 0. The molecule has 1 aromatic carbocycles. The second-order valence-corrected chi connectivity index (χ2v) is 5.21. The van der Waals surface area contributed by atoms with Crippen LogP contribution in [0.2, 0.25) is 0 Å². The van der Waals surface area contributed by atoms with E-state index in [9.17, 15) is 4.39 Å². The van der Waals surface area contributed by atoms with Gasteiger partial charge in [0.1, 0.15) is 17.3 Å². The van der Waals surface area contributed by atoms with Crippen LogP contribution in [0.3, 0.4) is 0 Å². The van der Waals surface area contributed by atoms with Crippen LogP contribution in [0.15, 0.2) is 45.9 Å². The van der Waals surface area contributed by atoms with Crippen LogP contribution >= 0.6 is 0 Å². The van der Waals surface area contributed by atoms with E-state index < -0.39 is 0 Å². The highest BCUT2D eigenvalue weighted by Gasteiger charge is 2.11. The molecule has 0 radical (unpaired) electrons. The number of furan rings is 1. The van der Waals surface area contributed by atoms with Gasteiger partial charge in [0.2, 0.25) is 0 Å². The van der Waals surface area contributed by atoms with E-state index in [-0.39, 0.29) is 5.82 Å². The summed E-state index contributed by atoms with van der Waals surface area (Å²) in [5, 5.41) is 6.48. The van der Waals surface area contributed by atoms with Crippen LogP contribution < -0.4 is 0 Å².